The molecule has 1 amide bonds. The molecule has 1 heterocycles. The highest BCUT2D eigenvalue weighted by Gasteiger charge is 2.25. The summed E-state index contributed by atoms with van der Waals surface area (Å²) in [5.74, 6) is 0.257. The predicted octanol–water partition coefficient (Wildman–Crippen LogP) is 2.19. The van der Waals surface area contributed by atoms with Crippen LogP contribution in [0.3, 0.4) is 0 Å². The summed E-state index contributed by atoms with van der Waals surface area (Å²) in [4.78, 5) is 37.8. The van der Waals surface area contributed by atoms with Crippen molar-refractivity contribution in [1.82, 2.24) is 0 Å². The van der Waals surface area contributed by atoms with E-state index in [0.717, 1.165) is 11.3 Å². The van der Waals surface area contributed by atoms with E-state index in [2.05, 4.69) is 0 Å². The molecule has 0 N–H and O–H groups in total. The Balaban J connectivity index is 1.60. The Morgan fingerprint density at radius 2 is 1.86 bits per heavy atom. The SMILES string of the molecule is COc1ccc(CC(=O)OCC(=O)c2ccc3c(c2)CC(=O)N3C)c(OC)c1. The molecule has 7 nitrogen and oxygen atoms in total. The highest BCUT2D eigenvalue weighted by atomic mass is 16.5. The van der Waals surface area contributed by atoms with E-state index in [-0.39, 0.29) is 31.1 Å². The Kier molecular flexibility index (Phi) is 5.63. The van der Waals surface area contributed by atoms with Crippen LogP contribution in [0.15, 0.2) is 36.4 Å². The number of carbonyl (C=O) groups excluding carboxylic acids is 3. The summed E-state index contributed by atoms with van der Waals surface area (Å²) < 4.78 is 15.5. The van der Waals surface area contributed by atoms with E-state index in [1.807, 2.05) is 0 Å². The molecule has 1 aliphatic rings. The number of benzene rings is 2. The number of hydrogen-bond donors (Lipinski definition) is 0. The quantitative estimate of drug-likeness (QED) is 0.538. The van der Waals surface area contributed by atoms with Gasteiger partial charge in [-0.15, -0.1) is 0 Å². The van der Waals surface area contributed by atoms with Crippen molar-refractivity contribution in [3.8, 4) is 11.5 Å². The zero-order valence-electron chi connectivity index (χ0n) is 16.0. The Morgan fingerprint density at radius 3 is 2.57 bits per heavy atom. The second kappa shape index (κ2) is 8.12. The number of anilines is 1. The number of carbonyl (C=O) groups is 3. The van der Waals surface area contributed by atoms with Gasteiger partial charge in [0.2, 0.25) is 5.91 Å². The van der Waals surface area contributed by atoms with Crippen LogP contribution >= 0.6 is 0 Å². The summed E-state index contributed by atoms with van der Waals surface area (Å²) in [5.41, 5.74) is 2.65. The van der Waals surface area contributed by atoms with Gasteiger partial charge in [0.05, 0.1) is 27.1 Å². The van der Waals surface area contributed by atoms with E-state index in [9.17, 15) is 14.4 Å². The van der Waals surface area contributed by atoms with Crippen molar-refractivity contribution in [2.45, 2.75) is 12.8 Å². The molecule has 0 unspecified atom stereocenters. The fourth-order valence-corrected chi connectivity index (χ4v) is 3.08. The lowest BCUT2D eigenvalue weighted by Gasteiger charge is -2.11. The molecule has 0 fully saturated rings. The number of fused-ring (bicyclic) bond motifs is 1. The van der Waals surface area contributed by atoms with E-state index in [4.69, 9.17) is 14.2 Å². The number of hydrogen-bond acceptors (Lipinski definition) is 6. The van der Waals surface area contributed by atoms with Gasteiger partial charge in [0, 0.05) is 29.9 Å². The molecular weight excluding hydrogens is 362 g/mol. The second-order valence-corrected chi connectivity index (χ2v) is 6.41. The molecular formula is C21H21NO6. The Bertz CT molecular complexity index is 936. The summed E-state index contributed by atoms with van der Waals surface area (Å²) in [6.07, 6.45) is 0.244. The van der Waals surface area contributed by atoms with Crippen LogP contribution in [0.5, 0.6) is 11.5 Å². The van der Waals surface area contributed by atoms with Gasteiger partial charge in [0.25, 0.3) is 0 Å². The van der Waals surface area contributed by atoms with E-state index in [0.29, 0.717) is 22.6 Å². The number of ketones is 1. The minimum atomic E-state index is -0.534. The van der Waals surface area contributed by atoms with Crippen molar-refractivity contribution < 1.29 is 28.6 Å². The molecule has 146 valence electrons. The first-order valence-corrected chi connectivity index (χ1v) is 8.72. The maximum absolute atomic E-state index is 12.4. The Labute approximate surface area is 162 Å². The van der Waals surface area contributed by atoms with E-state index in [1.54, 1.807) is 55.5 Å². The van der Waals surface area contributed by atoms with Gasteiger partial charge in [-0.3, -0.25) is 14.4 Å². The lowest BCUT2D eigenvalue weighted by atomic mass is 10.1. The third kappa shape index (κ3) is 3.98. The molecule has 0 atom stereocenters. The minimum absolute atomic E-state index is 0.0144. The number of Topliss-reactive ketones (excluding diaryl/α,β-unsaturated/α-hetero) is 1. The van der Waals surface area contributed by atoms with Crippen molar-refractivity contribution in [3.63, 3.8) is 0 Å². The molecule has 0 bridgehead atoms. The number of rotatable bonds is 7. The molecule has 28 heavy (non-hydrogen) atoms. The second-order valence-electron chi connectivity index (χ2n) is 6.41. The van der Waals surface area contributed by atoms with Gasteiger partial charge >= 0.3 is 5.97 Å². The van der Waals surface area contributed by atoms with Crippen LogP contribution in [0.4, 0.5) is 5.69 Å². The number of methoxy groups -OCH3 is 2. The van der Waals surface area contributed by atoms with Crippen molar-refractivity contribution in [1.29, 1.82) is 0 Å². The van der Waals surface area contributed by atoms with Gasteiger partial charge < -0.3 is 19.1 Å². The van der Waals surface area contributed by atoms with E-state index in [1.165, 1.54) is 7.11 Å². The van der Waals surface area contributed by atoms with Gasteiger partial charge in [-0.1, -0.05) is 6.07 Å². The Morgan fingerprint density at radius 1 is 1.07 bits per heavy atom. The van der Waals surface area contributed by atoms with Gasteiger partial charge in [-0.2, -0.15) is 0 Å². The molecule has 2 aromatic carbocycles. The first kappa shape index (κ1) is 19.4. The molecule has 0 aromatic heterocycles. The maximum atomic E-state index is 12.4. The van der Waals surface area contributed by atoms with Gasteiger partial charge in [0.1, 0.15) is 11.5 Å². The zero-order valence-corrected chi connectivity index (χ0v) is 16.0. The van der Waals surface area contributed by atoms with E-state index < -0.39 is 5.97 Å². The lowest BCUT2D eigenvalue weighted by Crippen LogP contribution is -2.20. The van der Waals surface area contributed by atoms with Crippen LogP contribution in [-0.4, -0.2) is 45.5 Å². The number of amides is 1. The van der Waals surface area contributed by atoms with Gasteiger partial charge in [-0.25, -0.2) is 0 Å². The normalized spacial score (nSPS) is 12.5. The maximum Gasteiger partial charge on any atom is 0.310 e. The van der Waals surface area contributed by atoms with Crippen molar-refractivity contribution in [2.75, 3.05) is 32.8 Å². The standard InChI is InChI=1S/C21H21NO6/c1-22-17-7-5-13(8-15(17)9-20(22)24)18(23)12-28-21(25)10-14-4-6-16(26-2)11-19(14)27-3/h4-8,11H,9-10,12H2,1-3H3. The first-order valence-electron chi connectivity index (χ1n) is 8.72. The fraction of sp³-hybridized carbons (Fsp3) is 0.286. The zero-order chi connectivity index (χ0) is 20.3. The van der Waals surface area contributed by atoms with Crippen LogP contribution in [0, 0.1) is 0 Å². The number of esters is 1. The molecule has 0 radical (unpaired) electrons. The van der Waals surface area contributed by atoms with Crippen molar-refractivity contribution in [2.24, 2.45) is 0 Å². The molecule has 0 saturated heterocycles. The summed E-state index contributed by atoms with van der Waals surface area (Å²) in [6.45, 7) is -0.361. The molecule has 0 spiro atoms. The van der Waals surface area contributed by atoms with Crippen LogP contribution < -0.4 is 14.4 Å². The molecule has 7 heteroatoms. The number of likely N-dealkylation sites (N-methyl/N-ethyl adjacent to an activating group) is 1. The summed E-state index contributed by atoms with van der Waals surface area (Å²) in [6, 6.07) is 10.2. The average molecular weight is 383 g/mol. The summed E-state index contributed by atoms with van der Waals surface area (Å²) in [5, 5.41) is 0. The largest absolute Gasteiger partial charge is 0.497 e. The van der Waals surface area contributed by atoms with Crippen LogP contribution in [0.2, 0.25) is 0 Å². The van der Waals surface area contributed by atoms with Crippen LogP contribution in [0.25, 0.3) is 0 Å². The number of nitrogens with zero attached hydrogens (tertiary/aromatic N) is 1. The van der Waals surface area contributed by atoms with Gasteiger partial charge in [-0.05, 0) is 29.8 Å². The lowest BCUT2D eigenvalue weighted by molar-refractivity contribution is -0.141. The monoisotopic (exact) mass is 383 g/mol. The topological polar surface area (TPSA) is 82.1 Å². The predicted molar refractivity (Wildman–Crippen MR) is 102 cm³/mol. The molecule has 1 aliphatic heterocycles. The third-order valence-corrected chi connectivity index (χ3v) is 4.67. The van der Waals surface area contributed by atoms with Crippen LogP contribution in [-0.2, 0) is 27.2 Å². The third-order valence-electron chi connectivity index (χ3n) is 4.67. The average Bonchev–Trinajstić information content (AvgIpc) is 2.99. The van der Waals surface area contributed by atoms with Crippen LogP contribution in [0.1, 0.15) is 21.5 Å². The first-order chi connectivity index (χ1) is 13.4. The summed E-state index contributed by atoms with van der Waals surface area (Å²) >= 11 is 0. The highest BCUT2D eigenvalue weighted by molar-refractivity contribution is 6.04. The van der Waals surface area contributed by atoms with E-state index >= 15 is 0 Å². The minimum Gasteiger partial charge on any atom is -0.497 e. The molecule has 2 aromatic rings. The molecule has 0 aliphatic carbocycles. The highest BCUT2D eigenvalue weighted by Crippen LogP contribution is 2.28. The smallest absolute Gasteiger partial charge is 0.310 e. The summed E-state index contributed by atoms with van der Waals surface area (Å²) in [7, 11) is 4.75. The van der Waals surface area contributed by atoms with Gasteiger partial charge in [0.15, 0.2) is 12.4 Å². The molecule has 0 saturated carbocycles. The molecule has 3 rings (SSSR count). The number of ether oxygens (including phenoxy) is 3. The fourth-order valence-electron chi connectivity index (χ4n) is 3.08. The van der Waals surface area contributed by atoms with Crippen molar-refractivity contribution >= 4 is 23.3 Å². The van der Waals surface area contributed by atoms with Crippen molar-refractivity contribution in [3.05, 3.63) is 53.1 Å². The Hall–Kier alpha value is -3.35.